The van der Waals surface area contributed by atoms with Crippen LogP contribution in [0.25, 0.3) is 0 Å². The Hall–Kier alpha value is -3.22. The minimum Gasteiger partial charge on any atom is -0.508 e. The summed E-state index contributed by atoms with van der Waals surface area (Å²) in [5.74, 6) is -3.52. The molecular formula is C21H33N5O7. The second-order valence-corrected chi connectivity index (χ2v) is 7.66. The Bertz CT molecular complexity index is 801. The van der Waals surface area contributed by atoms with Gasteiger partial charge in [0.15, 0.2) is 0 Å². The van der Waals surface area contributed by atoms with E-state index in [-0.39, 0.29) is 12.2 Å². The lowest BCUT2D eigenvalue weighted by molar-refractivity contribution is -0.142. The lowest BCUT2D eigenvalue weighted by Gasteiger charge is -2.23. The lowest BCUT2D eigenvalue weighted by atomic mass is 10.0. The van der Waals surface area contributed by atoms with Gasteiger partial charge in [-0.1, -0.05) is 18.6 Å². The first kappa shape index (κ1) is 27.8. The lowest BCUT2D eigenvalue weighted by Crippen LogP contribution is -2.57. The Morgan fingerprint density at radius 2 is 1.67 bits per heavy atom. The highest BCUT2D eigenvalue weighted by atomic mass is 16.4. The minimum atomic E-state index is -1.45. The zero-order valence-corrected chi connectivity index (χ0v) is 18.5. The van der Waals surface area contributed by atoms with Crippen LogP contribution in [-0.4, -0.2) is 76.3 Å². The number of hydrogen-bond donors (Lipinski definition) is 8. The van der Waals surface area contributed by atoms with Crippen molar-refractivity contribution in [2.45, 2.75) is 56.8 Å². The molecule has 33 heavy (non-hydrogen) atoms. The van der Waals surface area contributed by atoms with E-state index in [1.165, 1.54) is 31.2 Å². The van der Waals surface area contributed by atoms with Crippen molar-refractivity contribution in [1.82, 2.24) is 16.0 Å². The summed E-state index contributed by atoms with van der Waals surface area (Å²) in [6.07, 6.45) is 0.361. The van der Waals surface area contributed by atoms with Gasteiger partial charge in [0.1, 0.15) is 17.8 Å². The van der Waals surface area contributed by atoms with Gasteiger partial charge in [-0.05, 0) is 44.0 Å². The number of amides is 3. The molecule has 0 fully saturated rings. The van der Waals surface area contributed by atoms with Crippen molar-refractivity contribution in [2.24, 2.45) is 11.5 Å². The van der Waals surface area contributed by atoms with E-state index < -0.39 is 54.5 Å². The quantitative estimate of drug-likeness (QED) is 0.141. The van der Waals surface area contributed by atoms with Crippen LogP contribution < -0.4 is 27.4 Å². The number of hydrogen-bond acceptors (Lipinski definition) is 8. The molecule has 184 valence electrons. The number of aliphatic hydroxyl groups is 1. The minimum absolute atomic E-state index is 0.00940. The molecule has 0 radical (unpaired) electrons. The monoisotopic (exact) mass is 467 g/mol. The van der Waals surface area contributed by atoms with Crippen molar-refractivity contribution in [3.63, 3.8) is 0 Å². The highest BCUT2D eigenvalue weighted by Crippen LogP contribution is 2.11. The second kappa shape index (κ2) is 14.0. The van der Waals surface area contributed by atoms with E-state index in [2.05, 4.69) is 16.0 Å². The SMILES string of the molecule is CC(O)C(NC(=O)CNC(=O)C(N)CCCCN)C(=O)NC(Cc1ccc(O)cc1)C(=O)O. The van der Waals surface area contributed by atoms with Crippen LogP contribution in [0.4, 0.5) is 0 Å². The molecule has 0 aliphatic heterocycles. The van der Waals surface area contributed by atoms with E-state index >= 15 is 0 Å². The summed E-state index contributed by atoms with van der Waals surface area (Å²) in [6, 6.07) is 2.18. The van der Waals surface area contributed by atoms with Gasteiger partial charge in [-0.2, -0.15) is 0 Å². The van der Waals surface area contributed by atoms with Gasteiger partial charge >= 0.3 is 5.97 Å². The van der Waals surface area contributed by atoms with E-state index in [9.17, 15) is 34.5 Å². The van der Waals surface area contributed by atoms with Gasteiger partial charge in [0.2, 0.25) is 17.7 Å². The molecular weight excluding hydrogens is 434 g/mol. The predicted octanol–water partition coefficient (Wildman–Crippen LogP) is -2.06. The number of carbonyl (C=O) groups is 4. The van der Waals surface area contributed by atoms with Crippen molar-refractivity contribution in [1.29, 1.82) is 0 Å². The number of aliphatic hydroxyl groups excluding tert-OH is 1. The van der Waals surface area contributed by atoms with E-state index in [0.29, 0.717) is 24.9 Å². The number of aliphatic carboxylic acids is 1. The summed E-state index contributed by atoms with van der Waals surface area (Å²) < 4.78 is 0. The first-order chi connectivity index (χ1) is 15.5. The summed E-state index contributed by atoms with van der Waals surface area (Å²) in [6.45, 7) is 1.26. The molecule has 0 aromatic heterocycles. The average Bonchev–Trinajstić information content (AvgIpc) is 2.76. The van der Waals surface area contributed by atoms with Crippen molar-refractivity contribution in [3.05, 3.63) is 29.8 Å². The largest absolute Gasteiger partial charge is 0.508 e. The Morgan fingerprint density at radius 1 is 1.03 bits per heavy atom. The fourth-order valence-corrected chi connectivity index (χ4v) is 2.90. The summed E-state index contributed by atoms with van der Waals surface area (Å²) in [4.78, 5) is 48.3. The highest BCUT2D eigenvalue weighted by Gasteiger charge is 2.30. The molecule has 1 aromatic carbocycles. The summed E-state index contributed by atoms with van der Waals surface area (Å²) in [5, 5.41) is 35.6. The van der Waals surface area contributed by atoms with Crippen molar-refractivity contribution in [2.75, 3.05) is 13.1 Å². The standard InChI is InChI=1S/C21H33N5O7/c1-12(27)18(26-17(29)11-24-19(30)15(23)4-2-3-9-22)20(31)25-16(21(32)33)10-13-5-7-14(28)8-6-13/h5-8,12,15-16,18,27-28H,2-4,9-11,22-23H2,1H3,(H,24,30)(H,25,31)(H,26,29)(H,32,33). The molecule has 0 saturated carbocycles. The van der Waals surface area contributed by atoms with Crippen LogP contribution in [0.3, 0.4) is 0 Å². The molecule has 0 spiro atoms. The van der Waals surface area contributed by atoms with Crippen LogP contribution in [0, 0.1) is 0 Å². The van der Waals surface area contributed by atoms with Crippen molar-refractivity contribution in [3.8, 4) is 5.75 Å². The molecule has 12 nitrogen and oxygen atoms in total. The third-order valence-electron chi connectivity index (χ3n) is 4.80. The summed E-state index contributed by atoms with van der Waals surface area (Å²) in [7, 11) is 0. The Morgan fingerprint density at radius 3 is 2.21 bits per heavy atom. The molecule has 0 bridgehead atoms. The maximum Gasteiger partial charge on any atom is 0.326 e. The third-order valence-corrected chi connectivity index (χ3v) is 4.80. The van der Waals surface area contributed by atoms with Gasteiger partial charge in [-0.25, -0.2) is 4.79 Å². The summed E-state index contributed by atoms with van der Waals surface area (Å²) in [5.41, 5.74) is 11.7. The summed E-state index contributed by atoms with van der Waals surface area (Å²) >= 11 is 0. The van der Waals surface area contributed by atoms with E-state index in [1.807, 2.05) is 0 Å². The van der Waals surface area contributed by atoms with Crippen molar-refractivity contribution >= 4 is 23.7 Å². The molecule has 3 amide bonds. The Labute approximate surface area is 191 Å². The molecule has 4 unspecified atom stereocenters. The van der Waals surface area contributed by atoms with Crippen LogP contribution in [0.2, 0.25) is 0 Å². The van der Waals surface area contributed by atoms with Gasteiger partial charge in [0, 0.05) is 6.42 Å². The first-order valence-electron chi connectivity index (χ1n) is 10.6. The van der Waals surface area contributed by atoms with Crippen LogP contribution in [0.5, 0.6) is 5.75 Å². The maximum absolute atomic E-state index is 12.6. The van der Waals surface area contributed by atoms with Gasteiger partial charge in [-0.3, -0.25) is 14.4 Å². The topological polar surface area (TPSA) is 217 Å². The molecule has 10 N–H and O–H groups in total. The number of rotatable bonds is 14. The maximum atomic E-state index is 12.6. The number of unbranched alkanes of at least 4 members (excludes halogenated alkanes) is 1. The highest BCUT2D eigenvalue weighted by molar-refractivity contribution is 5.92. The van der Waals surface area contributed by atoms with Crippen LogP contribution >= 0.6 is 0 Å². The van der Waals surface area contributed by atoms with Gasteiger partial charge in [0.05, 0.1) is 18.7 Å². The number of aromatic hydroxyl groups is 1. The zero-order chi connectivity index (χ0) is 25.0. The molecule has 12 heteroatoms. The smallest absolute Gasteiger partial charge is 0.326 e. The average molecular weight is 468 g/mol. The van der Waals surface area contributed by atoms with Gasteiger partial charge in [0.25, 0.3) is 0 Å². The van der Waals surface area contributed by atoms with E-state index in [4.69, 9.17) is 11.5 Å². The molecule has 0 heterocycles. The van der Waals surface area contributed by atoms with Gasteiger partial charge < -0.3 is 42.7 Å². The normalized spacial score (nSPS) is 14.4. The second-order valence-electron chi connectivity index (χ2n) is 7.66. The molecule has 1 rings (SSSR count). The molecule has 1 aromatic rings. The number of phenols is 1. The number of phenolic OH excluding ortho intramolecular Hbond substituents is 1. The molecule has 4 atom stereocenters. The number of nitrogens with one attached hydrogen (secondary N) is 3. The van der Waals surface area contributed by atoms with Crippen molar-refractivity contribution < 1.29 is 34.5 Å². The number of carbonyl (C=O) groups excluding carboxylic acids is 3. The Balaban J connectivity index is 2.65. The van der Waals surface area contributed by atoms with Crippen LogP contribution in [-0.2, 0) is 25.6 Å². The number of benzene rings is 1. The number of carboxylic acid groups (broad SMARTS) is 1. The van der Waals surface area contributed by atoms with Crippen LogP contribution in [0.1, 0.15) is 31.7 Å². The first-order valence-corrected chi connectivity index (χ1v) is 10.6. The number of carboxylic acids is 1. The van der Waals surface area contributed by atoms with Gasteiger partial charge in [-0.15, -0.1) is 0 Å². The van der Waals surface area contributed by atoms with E-state index in [0.717, 1.165) is 6.42 Å². The molecule has 0 saturated heterocycles. The fraction of sp³-hybridized carbons (Fsp3) is 0.524. The predicted molar refractivity (Wildman–Crippen MR) is 119 cm³/mol. The Kier molecular flexibility index (Phi) is 11.8. The third kappa shape index (κ3) is 10.3. The zero-order valence-electron chi connectivity index (χ0n) is 18.5. The van der Waals surface area contributed by atoms with Crippen LogP contribution in [0.15, 0.2) is 24.3 Å². The molecule has 0 aliphatic carbocycles. The van der Waals surface area contributed by atoms with E-state index in [1.54, 1.807) is 0 Å². The number of nitrogens with two attached hydrogens (primary N) is 2. The molecule has 0 aliphatic rings. The fourth-order valence-electron chi connectivity index (χ4n) is 2.90.